The lowest BCUT2D eigenvalue weighted by Gasteiger charge is -2.23. The van der Waals surface area contributed by atoms with Crippen LogP contribution in [0, 0.1) is 0 Å². The Morgan fingerprint density at radius 3 is 1.81 bits per heavy atom. The predicted octanol–water partition coefficient (Wildman–Crippen LogP) is 13.9. The summed E-state index contributed by atoms with van der Waals surface area (Å²) in [7, 11) is 0. The highest BCUT2D eigenvalue weighted by molar-refractivity contribution is 6.28. The molecule has 2 nitrogen and oxygen atoms in total. The van der Waals surface area contributed by atoms with Gasteiger partial charge in [0, 0.05) is 22.0 Å². The third kappa shape index (κ3) is 5.06. The Morgan fingerprint density at radius 2 is 1.21 bits per heavy atom. The zero-order chi connectivity index (χ0) is 35.6. The van der Waals surface area contributed by atoms with E-state index in [1.807, 2.05) is 25.2 Å². The van der Waals surface area contributed by atoms with Crippen LogP contribution < -0.4 is 0 Å². The molecular formula is C50H40N2. The van der Waals surface area contributed by atoms with E-state index in [9.17, 15) is 0 Å². The number of para-hydroxylation sites is 2. The van der Waals surface area contributed by atoms with Gasteiger partial charge in [-0.1, -0.05) is 142 Å². The number of nitrogens with zero attached hydrogens (tertiary/aromatic N) is 2. The van der Waals surface area contributed by atoms with E-state index >= 15 is 0 Å². The van der Waals surface area contributed by atoms with Gasteiger partial charge in [-0.3, -0.25) is 4.99 Å². The number of aliphatic imine (C=N–C) groups is 1. The number of benzene rings is 8. The van der Waals surface area contributed by atoms with E-state index in [4.69, 9.17) is 0 Å². The molecule has 1 heterocycles. The second-order valence-electron chi connectivity index (χ2n) is 14.9. The van der Waals surface area contributed by atoms with E-state index in [-0.39, 0.29) is 5.41 Å². The minimum atomic E-state index is 0.0519. The van der Waals surface area contributed by atoms with E-state index in [0.717, 1.165) is 16.9 Å². The van der Waals surface area contributed by atoms with Crippen molar-refractivity contribution in [3.05, 3.63) is 169 Å². The number of aromatic nitrogens is 1. The second-order valence-corrected chi connectivity index (χ2v) is 14.9. The first-order valence-corrected chi connectivity index (χ1v) is 18.1. The minimum Gasteiger partial charge on any atom is -0.309 e. The zero-order valence-corrected chi connectivity index (χ0v) is 30.1. The lowest BCUT2D eigenvalue weighted by Crippen LogP contribution is -2.10. The van der Waals surface area contributed by atoms with E-state index < -0.39 is 0 Å². The molecule has 0 aliphatic heterocycles. The highest BCUT2D eigenvalue weighted by atomic mass is 15.0. The first-order chi connectivity index (χ1) is 25.3. The van der Waals surface area contributed by atoms with Crippen molar-refractivity contribution < 1.29 is 0 Å². The quantitative estimate of drug-likeness (QED) is 0.0953. The van der Waals surface area contributed by atoms with Gasteiger partial charge >= 0.3 is 0 Å². The summed E-state index contributed by atoms with van der Waals surface area (Å²) >= 11 is 0. The second kappa shape index (κ2) is 12.2. The molecular weight excluding hydrogens is 629 g/mol. The average Bonchev–Trinajstić information content (AvgIpc) is 3.51. The molecule has 52 heavy (non-hydrogen) atoms. The Labute approximate surface area is 305 Å². The molecule has 250 valence electrons. The molecule has 0 saturated carbocycles. The van der Waals surface area contributed by atoms with Gasteiger partial charge in [0.2, 0.25) is 0 Å². The van der Waals surface area contributed by atoms with E-state index in [1.54, 1.807) is 0 Å². The van der Waals surface area contributed by atoms with Crippen LogP contribution in [0.25, 0.3) is 87.8 Å². The summed E-state index contributed by atoms with van der Waals surface area (Å²) in [6.07, 6.45) is 6.02. The Hall–Kier alpha value is -6.25. The minimum absolute atomic E-state index is 0.0519. The van der Waals surface area contributed by atoms with Crippen molar-refractivity contribution in [1.29, 1.82) is 0 Å². The normalized spacial score (nSPS) is 12.7. The molecule has 0 unspecified atom stereocenters. The molecule has 9 aromatic rings. The topological polar surface area (TPSA) is 17.3 Å². The number of allylic oxidation sites excluding steroid dienone is 3. The summed E-state index contributed by atoms with van der Waals surface area (Å²) < 4.78 is 2.41. The molecule has 0 fully saturated rings. The van der Waals surface area contributed by atoms with Crippen molar-refractivity contribution >= 4 is 66.5 Å². The van der Waals surface area contributed by atoms with Crippen LogP contribution in [0.4, 0.5) is 0 Å². The Kier molecular flexibility index (Phi) is 7.45. The van der Waals surface area contributed by atoms with Gasteiger partial charge in [-0.2, -0.15) is 0 Å². The molecule has 8 aromatic carbocycles. The van der Waals surface area contributed by atoms with Crippen molar-refractivity contribution in [3.63, 3.8) is 0 Å². The first-order valence-electron chi connectivity index (χ1n) is 18.1. The van der Waals surface area contributed by atoms with E-state index in [0.29, 0.717) is 0 Å². The van der Waals surface area contributed by atoms with Gasteiger partial charge < -0.3 is 4.57 Å². The fourth-order valence-electron chi connectivity index (χ4n) is 8.09. The fourth-order valence-corrected chi connectivity index (χ4v) is 8.09. The molecule has 0 radical (unpaired) electrons. The Bertz CT molecular complexity index is 2820. The highest BCUT2D eigenvalue weighted by Crippen LogP contribution is 2.45. The largest absolute Gasteiger partial charge is 0.309 e. The third-order valence-corrected chi connectivity index (χ3v) is 10.7. The number of hydrogen-bond acceptors (Lipinski definition) is 1. The first kappa shape index (κ1) is 31.7. The fraction of sp³-hybridized carbons (Fsp3) is 0.100. The van der Waals surface area contributed by atoms with Crippen molar-refractivity contribution in [2.75, 3.05) is 0 Å². The molecule has 2 heteroatoms. The summed E-state index contributed by atoms with van der Waals surface area (Å²) in [4.78, 5) is 4.31. The van der Waals surface area contributed by atoms with Gasteiger partial charge in [0.25, 0.3) is 0 Å². The molecule has 0 atom stereocenters. The summed E-state index contributed by atoms with van der Waals surface area (Å²) in [5, 5.41) is 10.3. The van der Waals surface area contributed by atoms with Crippen molar-refractivity contribution in [2.45, 2.75) is 33.1 Å². The SMILES string of the molecule is C=N/C(=C\C=C/C)c1ccc(-c2cc(-c3cccc(-n4c5ccccc5c5ccccc54)c3)c3ccc4cc(C(C)(C)C)cc5ccc2c3c54)cc1. The Morgan fingerprint density at radius 1 is 0.596 bits per heavy atom. The van der Waals surface area contributed by atoms with E-state index in [2.05, 4.69) is 177 Å². The summed E-state index contributed by atoms with van der Waals surface area (Å²) in [6, 6.07) is 51.8. The lowest BCUT2D eigenvalue weighted by atomic mass is 9.81. The van der Waals surface area contributed by atoms with Gasteiger partial charge in [0.05, 0.1) is 16.7 Å². The van der Waals surface area contributed by atoms with Crippen LogP contribution >= 0.6 is 0 Å². The maximum absolute atomic E-state index is 4.31. The van der Waals surface area contributed by atoms with Crippen LogP contribution in [-0.2, 0) is 5.41 Å². The van der Waals surface area contributed by atoms with Crippen molar-refractivity contribution in [3.8, 4) is 27.9 Å². The monoisotopic (exact) mass is 668 g/mol. The van der Waals surface area contributed by atoms with Crippen LogP contribution in [0.3, 0.4) is 0 Å². The molecule has 0 amide bonds. The van der Waals surface area contributed by atoms with Crippen LogP contribution in [-0.4, -0.2) is 11.3 Å². The molecule has 0 saturated heterocycles. The van der Waals surface area contributed by atoms with Gasteiger partial charge in [0.1, 0.15) is 0 Å². The average molecular weight is 669 g/mol. The standard InChI is InChI=1S/C50H40N2/c1-6-7-17-45(51-5)33-22-20-32(21-23-33)43-31-44(42-27-25-36-29-37(50(2,3)4)28-35-24-26-41(43)49(42)48(35)36)34-13-12-14-38(30-34)52-46-18-10-8-15-39(46)40-16-9-11-19-47(40)52/h6-31H,5H2,1-4H3/b7-6-,45-17-. The smallest absolute Gasteiger partial charge is 0.0694 e. The molecule has 0 aliphatic rings. The third-order valence-electron chi connectivity index (χ3n) is 10.7. The maximum Gasteiger partial charge on any atom is 0.0694 e. The van der Waals surface area contributed by atoms with Crippen molar-refractivity contribution in [2.24, 2.45) is 4.99 Å². The predicted molar refractivity (Wildman–Crippen MR) is 226 cm³/mol. The number of fused-ring (bicyclic) bond motifs is 3. The summed E-state index contributed by atoms with van der Waals surface area (Å²) in [5.41, 5.74) is 11.7. The van der Waals surface area contributed by atoms with E-state index in [1.165, 1.54) is 81.9 Å². The number of hydrogen-bond donors (Lipinski definition) is 0. The molecule has 0 spiro atoms. The maximum atomic E-state index is 4.31. The van der Waals surface area contributed by atoms with Crippen LogP contribution in [0.2, 0.25) is 0 Å². The lowest BCUT2D eigenvalue weighted by molar-refractivity contribution is 0.591. The molecule has 1 aromatic heterocycles. The molecule has 9 rings (SSSR count). The van der Waals surface area contributed by atoms with Gasteiger partial charge in [-0.25, -0.2) is 0 Å². The van der Waals surface area contributed by atoms with Gasteiger partial charge in [-0.15, -0.1) is 0 Å². The molecule has 0 bridgehead atoms. The zero-order valence-electron chi connectivity index (χ0n) is 30.1. The van der Waals surface area contributed by atoms with Crippen LogP contribution in [0.5, 0.6) is 0 Å². The number of rotatable bonds is 6. The van der Waals surface area contributed by atoms with Crippen LogP contribution in [0.15, 0.2) is 163 Å². The Balaban J connectivity index is 1.32. The molecule has 0 aliphatic carbocycles. The van der Waals surface area contributed by atoms with Gasteiger partial charge in [0.15, 0.2) is 0 Å². The molecule has 0 N–H and O–H groups in total. The summed E-state index contributed by atoms with van der Waals surface area (Å²) in [5.74, 6) is 0. The summed E-state index contributed by atoms with van der Waals surface area (Å²) in [6.45, 7) is 12.7. The van der Waals surface area contributed by atoms with Crippen LogP contribution in [0.1, 0.15) is 38.8 Å². The highest BCUT2D eigenvalue weighted by Gasteiger charge is 2.21. The van der Waals surface area contributed by atoms with Gasteiger partial charge in [-0.05, 0) is 116 Å². The van der Waals surface area contributed by atoms with Crippen molar-refractivity contribution in [1.82, 2.24) is 4.57 Å².